The van der Waals surface area contributed by atoms with Crippen LogP contribution in [0.4, 0.5) is 0 Å². The minimum Gasteiger partial charge on any atom is -0.493 e. The lowest BCUT2D eigenvalue weighted by atomic mass is 10.2. The van der Waals surface area contributed by atoms with Gasteiger partial charge in [0.15, 0.2) is 0 Å². The van der Waals surface area contributed by atoms with Gasteiger partial charge in [-0.15, -0.1) is 11.6 Å². The summed E-state index contributed by atoms with van der Waals surface area (Å²) >= 11 is 5.81. The Balaban J connectivity index is 2.13. The van der Waals surface area contributed by atoms with Crippen molar-refractivity contribution in [2.75, 3.05) is 33.5 Å². The fraction of sp³-hybridized carbons (Fsp3) is 0.538. The third-order valence-electron chi connectivity index (χ3n) is 2.24. The molecule has 0 saturated carbocycles. The van der Waals surface area contributed by atoms with Crippen LogP contribution in [-0.4, -0.2) is 33.5 Å². The summed E-state index contributed by atoms with van der Waals surface area (Å²) < 4.78 is 15.9. The molecule has 17 heavy (non-hydrogen) atoms. The van der Waals surface area contributed by atoms with Crippen LogP contribution in [0, 0.1) is 0 Å². The van der Waals surface area contributed by atoms with Gasteiger partial charge in [-0.1, -0.05) is 18.2 Å². The van der Waals surface area contributed by atoms with E-state index in [-0.39, 0.29) is 0 Å². The van der Waals surface area contributed by atoms with Gasteiger partial charge in [0, 0.05) is 25.7 Å². The number of hydrogen-bond donors (Lipinski definition) is 0. The van der Waals surface area contributed by atoms with Gasteiger partial charge in [0.1, 0.15) is 5.75 Å². The summed E-state index contributed by atoms with van der Waals surface area (Å²) in [6.07, 6.45) is 0.861. The highest BCUT2D eigenvalue weighted by atomic mass is 35.5. The van der Waals surface area contributed by atoms with E-state index < -0.39 is 0 Å². The van der Waals surface area contributed by atoms with Crippen molar-refractivity contribution in [3.8, 4) is 5.75 Å². The molecule has 96 valence electrons. The SMILES string of the molecule is COCCOCCCOc1ccccc1CCl. The largest absolute Gasteiger partial charge is 0.493 e. The zero-order valence-electron chi connectivity index (χ0n) is 10.2. The topological polar surface area (TPSA) is 27.7 Å². The van der Waals surface area contributed by atoms with Crippen molar-refractivity contribution in [3.63, 3.8) is 0 Å². The molecule has 0 N–H and O–H groups in total. The number of para-hydroxylation sites is 1. The molecular formula is C13H19ClO3. The van der Waals surface area contributed by atoms with Gasteiger partial charge in [0.25, 0.3) is 0 Å². The van der Waals surface area contributed by atoms with Gasteiger partial charge in [-0.3, -0.25) is 0 Å². The number of ether oxygens (including phenoxy) is 3. The maximum absolute atomic E-state index is 5.81. The molecule has 3 nitrogen and oxygen atoms in total. The highest BCUT2D eigenvalue weighted by Gasteiger charge is 2.00. The van der Waals surface area contributed by atoms with Crippen LogP contribution in [-0.2, 0) is 15.4 Å². The predicted molar refractivity (Wildman–Crippen MR) is 68.8 cm³/mol. The Labute approximate surface area is 108 Å². The monoisotopic (exact) mass is 258 g/mol. The van der Waals surface area contributed by atoms with Crippen molar-refractivity contribution in [3.05, 3.63) is 29.8 Å². The van der Waals surface area contributed by atoms with Crippen molar-refractivity contribution >= 4 is 11.6 Å². The molecule has 0 unspecified atom stereocenters. The first kappa shape index (κ1) is 14.3. The fourth-order valence-electron chi connectivity index (χ4n) is 1.34. The van der Waals surface area contributed by atoms with Crippen molar-refractivity contribution in [1.29, 1.82) is 0 Å². The van der Waals surface area contributed by atoms with Crippen molar-refractivity contribution in [1.82, 2.24) is 0 Å². The van der Waals surface area contributed by atoms with E-state index in [1.165, 1.54) is 0 Å². The maximum Gasteiger partial charge on any atom is 0.123 e. The smallest absolute Gasteiger partial charge is 0.123 e. The van der Waals surface area contributed by atoms with Crippen LogP contribution in [0.5, 0.6) is 5.75 Å². The summed E-state index contributed by atoms with van der Waals surface area (Å²) in [6, 6.07) is 7.81. The van der Waals surface area contributed by atoms with E-state index in [2.05, 4.69) is 0 Å². The molecule has 0 aliphatic carbocycles. The minimum atomic E-state index is 0.473. The second-order valence-corrected chi connectivity index (χ2v) is 3.82. The Morgan fingerprint density at radius 3 is 2.65 bits per heavy atom. The second kappa shape index (κ2) is 9.28. The molecule has 0 heterocycles. The maximum atomic E-state index is 5.81. The van der Waals surface area contributed by atoms with Crippen molar-refractivity contribution in [2.45, 2.75) is 12.3 Å². The Bertz CT molecular complexity index is 304. The lowest BCUT2D eigenvalue weighted by molar-refractivity contribution is 0.0644. The third kappa shape index (κ3) is 5.91. The highest BCUT2D eigenvalue weighted by Crippen LogP contribution is 2.19. The molecule has 0 amide bonds. The molecule has 0 atom stereocenters. The van der Waals surface area contributed by atoms with Gasteiger partial charge in [-0.25, -0.2) is 0 Å². The van der Waals surface area contributed by atoms with Crippen molar-refractivity contribution < 1.29 is 14.2 Å². The molecule has 0 fully saturated rings. The zero-order valence-corrected chi connectivity index (χ0v) is 10.9. The number of benzene rings is 1. The Hall–Kier alpha value is -0.770. The standard InChI is InChI=1S/C13H19ClO3/c1-15-9-10-16-7-4-8-17-13-6-3-2-5-12(13)11-14/h2-3,5-6H,4,7-11H2,1H3. The fourth-order valence-corrected chi connectivity index (χ4v) is 1.56. The minimum absolute atomic E-state index is 0.473. The molecule has 0 aromatic heterocycles. The molecule has 1 aromatic carbocycles. The summed E-state index contributed by atoms with van der Waals surface area (Å²) in [5.41, 5.74) is 1.02. The molecule has 1 aromatic rings. The van der Waals surface area contributed by atoms with Crippen LogP contribution >= 0.6 is 11.6 Å². The molecule has 1 rings (SSSR count). The molecule has 0 bridgehead atoms. The molecule has 0 saturated heterocycles. The van der Waals surface area contributed by atoms with Gasteiger partial charge >= 0.3 is 0 Å². The van der Waals surface area contributed by atoms with Gasteiger partial charge in [-0.2, -0.15) is 0 Å². The number of halogens is 1. The summed E-state index contributed by atoms with van der Waals surface area (Å²) in [5, 5.41) is 0. The Kier molecular flexibility index (Phi) is 7.80. The summed E-state index contributed by atoms with van der Waals surface area (Å²) in [7, 11) is 1.66. The Morgan fingerprint density at radius 1 is 1.06 bits per heavy atom. The van der Waals surface area contributed by atoms with E-state index >= 15 is 0 Å². The van der Waals surface area contributed by atoms with Gasteiger partial charge in [0.2, 0.25) is 0 Å². The van der Waals surface area contributed by atoms with E-state index in [9.17, 15) is 0 Å². The highest BCUT2D eigenvalue weighted by molar-refractivity contribution is 6.17. The van der Waals surface area contributed by atoms with Crippen LogP contribution in [0.1, 0.15) is 12.0 Å². The number of methoxy groups -OCH3 is 1. The molecule has 0 aliphatic heterocycles. The average Bonchev–Trinajstić information content (AvgIpc) is 2.38. The number of rotatable bonds is 9. The summed E-state index contributed by atoms with van der Waals surface area (Å²) in [4.78, 5) is 0. The van der Waals surface area contributed by atoms with E-state index in [0.29, 0.717) is 32.3 Å². The van der Waals surface area contributed by atoms with Crippen LogP contribution < -0.4 is 4.74 Å². The van der Waals surface area contributed by atoms with Crippen molar-refractivity contribution in [2.24, 2.45) is 0 Å². The van der Waals surface area contributed by atoms with Gasteiger partial charge in [0.05, 0.1) is 25.7 Å². The molecule has 4 heteroatoms. The third-order valence-corrected chi connectivity index (χ3v) is 2.53. The van der Waals surface area contributed by atoms with Crippen LogP contribution in [0.25, 0.3) is 0 Å². The first-order valence-electron chi connectivity index (χ1n) is 5.72. The normalized spacial score (nSPS) is 10.5. The molecule has 0 spiro atoms. The lowest BCUT2D eigenvalue weighted by Crippen LogP contribution is -2.07. The van der Waals surface area contributed by atoms with Gasteiger partial charge in [-0.05, 0) is 6.07 Å². The summed E-state index contributed by atoms with van der Waals surface area (Å²) in [5.74, 6) is 1.33. The second-order valence-electron chi connectivity index (χ2n) is 3.55. The quantitative estimate of drug-likeness (QED) is 0.504. The van der Waals surface area contributed by atoms with E-state index in [4.69, 9.17) is 25.8 Å². The number of alkyl halides is 1. The molecule has 0 aliphatic rings. The first-order valence-corrected chi connectivity index (χ1v) is 6.25. The summed E-state index contributed by atoms with van der Waals surface area (Å²) in [6.45, 7) is 2.60. The first-order chi connectivity index (χ1) is 8.38. The van der Waals surface area contributed by atoms with Crippen LogP contribution in [0.2, 0.25) is 0 Å². The zero-order chi connectivity index (χ0) is 12.3. The van der Waals surface area contributed by atoms with Gasteiger partial charge < -0.3 is 14.2 Å². The van der Waals surface area contributed by atoms with E-state index in [1.807, 2.05) is 24.3 Å². The van der Waals surface area contributed by atoms with Crippen LogP contribution in [0.3, 0.4) is 0 Å². The molecular weight excluding hydrogens is 240 g/mol. The predicted octanol–water partition coefficient (Wildman–Crippen LogP) is 2.86. The van der Waals surface area contributed by atoms with E-state index in [1.54, 1.807) is 7.11 Å². The molecule has 0 radical (unpaired) electrons. The number of hydrogen-bond acceptors (Lipinski definition) is 3. The lowest BCUT2D eigenvalue weighted by Gasteiger charge is -2.09. The average molecular weight is 259 g/mol. The van der Waals surface area contributed by atoms with Crippen LogP contribution in [0.15, 0.2) is 24.3 Å². The van der Waals surface area contributed by atoms with E-state index in [0.717, 1.165) is 17.7 Å². The Morgan fingerprint density at radius 2 is 1.88 bits per heavy atom.